The third-order valence-corrected chi connectivity index (χ3v) is 1.90. The first-order valence-electron chi connectivity index (χ1n) is 4.64. The van der Waals surface area contributed by atoms with Crippen LogP contribution in [0.3, 0.4) is 0 Å². The van der Waals surface area contributed by atoms with Crippen LogP contribution in [0.4, 0.5) is 0 Å². The van der Waals surface area contributed by atoms with E-state index in [4.69, 9.17) is 0 Å². The van der Waals surface area contributed by atoms with E-state index in [1.54, 1.807) is 0 Å². The Morgan fingerprint density at radius 2 is 2.31 bits per heavy atom. The molecule has 3 heteroatoms. The first-order chi connectivity index (χ1) is 6.27. The summed E-state index contributed by atoms with van der Waals surface area (Å²) in [5, 5.41) is 3.05. The Labute approximate surface area is 79.3 Å². The number of hydrogen-bond acceptors (Lipinski definition) is 2. The number of rotatable bonds is 4. The summed E-state index contributed by atoms with van der Waals surface area (Å²) in [6.45, 7) is 5.03. The van der Waals surface area contributed by atoms with Gasteiger partial charge in [0.15, 0.2) is 0 Å². The minimum absolute atomic E-state index is 0.883. The van der Waals surface area contributed by atoms with Gasteiger partial charge in [-0.1, -0.05) is 13.0 Å². The van der Waals surface area contributed by atoms with Crippen LogP contribution in [-0.4, -0.2) is 23.6 Å². The number of likely N-dealkylation sites (N-methyl/N-ethyl adjacent to an activating group) is 1. The van der Waals surface area contributed by atoms with E-state index < -0.39 is 0 Å². The minimum atomic E-state index is 0.883. The maximum atomic E-state index is 4.43. The highest BCUT2D eigenvalue weighted by molar-refractivity contribution is 5.47. The van der Waals surface area contributed by atoms with Crippen molar-refractivity contribution in [2.24, 2.45) is 0 Å². The highest BCUT2D eigenvalue weighted by atomic mass is 14.9. The fourth-order valence-electron chi connectivity index (χ4n) is 1.16. The normalized spacial score (nSPS) is 11.3. The molecule has 0 fully saturated rings. The minimum Gasteiger partial charge on any atom is -0.346 e. The van der Waals surface area contributed by atoms with E-state index in [1.165, 1.54) is 0 Å². The lowest BCUT2D eigenvalue weighted by Gasteiger charge is -1.88. The van der Waals surface area contributed by atoms with Crippen LogP contribution in [0.25, 0.3) is 6.08 Å². The zero-order valence-corrected chi connectivity index (χ0v) is 8.52. The van der Waals surface area contributed by atoms with Gasteiger partial charge >= 0.3 is 0 Å². The molecule has 72 valence electrons. The molecule has 0 aromatic carbocycles. The summed E-state index contributed by atoms with van der Waals surface area (Å²) in [6, 6.07) is 0. The Bertz CT molecular complexity index is 286. The van der Waals surface area contributed by atoms with E-state index in [2.05, 4.69) is 28.3 Å². The molecule has 0 saturated carbocycles. The summed E-state index contributed by atoms with van der Waals surface area (Å²) < 4.78 is 0. The molecule has 0 amide bonds. The molecule has 13 heavy (non-hydrogen) atoms. The van der Waals surface area contributed by atoms with Crippen LogP contribution in [0.5, 0.6) is 0 Å². The van der Waals surface area contributed by atoms with Crippen LogP contribution < -0.4 is 5.32 Å². The number of nitrogens with zero attached hydrogens (tertiary/aromatic N) is 1. The van der Waals surface area contributed by atoms with Gasteiger partial charge in [0.2, 0.25) is 0 Å². The lowest BCUT2D eigenvalue weighted by molar-refractivity contribution is 0.922. The van der Waals surface area contributed by atoms with Gasteiger partial charge in [0.1, 0.15) is 5.82 Å². The van der Waals surface area contributed by atoms with Crippen molar-refractivity contribution in [2.45, 2.75) is 20.3 Å². The van der Waals surface area contributed by atoms with E-state index in [1.807, 2.05) is 20.0 Å². The fraction of sp³-hybridized carbons (Fsp3) is 0.500. The predicted molar refractivity (Wildman–Crippen MR) is 55.7 cm³/mol. The largest absolute Gasteiger partial charge is 0.346 e. The van der Waals surface area contributed by atoms with Crippen LogP contribution in [0.2, 0.25) is 0 Å². The zero-order valence-electron chi connectivity index (χ0n) is 8.52. The van der Waals surface area contributed by atoms with Crippen molar-refractivity contribution >= 4 is 6.08 Å². The van der Waals surface area contributed by atoms with Crippen molar-refractivity contribution in [2.75, 3.05) is 13.6 Å². The molecule has 0 radical (unpaired) electrons. The number of hydrogen-bond donors (Lipinski definition) is 2. The first kappa shape index (κ1) is 9.99. The number of nitrogens with one attached hydrogen (secondary N) is 2. The van der Waals surface area contributed by atoms with Crippen molar-refractivity contribution in [1.29, 1.82) is 0 Å². The molecule has 0 atom stereocenters. The van der Waals surface area contributed by atoms with Crippen LogP contribution in [0.15, 0.2) is 6.08 Å². The van der Waals surface area contributed by atoms with Gasteiger partial charge in [-0.3, -0.25) is 0 Å². The van der Waals surface area contributed by atoms with Crippen molar-refractivity contribution < 1.29 is 0 Å². The van der Waals surface area contributed by atoms with E-state index >= 15 is 0 Å². The molecule has 0 aliphatic carbocycles. The molecule has 1 rings (SSSR count). The molecule has 0 saturated heterocycles. The SMILES string of the molecule is CCc1nc(C=CCNC)c(C)[nH]1. The van der Waals surface area contributed by atoms with Crippen molar-refractivity contribution in [1.82, 2.24) is 15.3 Å². The number of aromatic amines is 1. The van der Waals surface area contributed by atoms with Gasteiger partial charge in [-0.25, -0.2) is 4.98 Å². The second kappa shape index (κ2) is 4.82. The first-order valence-corrected chi connectivity index (χ1v) is 4.64. The van der Waals surface area contributed by atoms with Gasteiger partial charge in [0.05, 0.1) is 5.69 Å². The smallest absolute Gasteiger partial charge is 0.106 e. The Morgan fingerprint density at radius 1 is 1.54 bits per heavy atom. The molecule has 0 bridgehead atoms. The molecule has 1 aromatic heterocycles. The lowest BCUT2D eigenvalue weighted by Crippen LogP contribution is -2.03. The fourth-order valence-corrected chi connectivity index (χ4v) is 1.16. The van der Waals surface area contributed by atoms with Crippen LogP contribution in [-0.2, 0) is 6.42 Å². The second-order valence-corrected chi connectivity index (χ2v) is 3.01. The summed E-state index contributed by atoms with van der Waals surface area (Å²) in [5.41, 5.74) is 2.19. The van der Waals surface area contributed by atoms with Crippen molar-refractivity contribution in [3.63, 3.8) is 0 Å². The van der Waals surface area contributed by atoms with Gasteiger partial charge < -0.3 is 10.3 Å². The number of aromatic nitrogens is 2. The van der Waals surface area contributed by atoms with Gasteiger partial charge in [-0.15, -0.1) is 0 Å². The van der Waals surface area contributed by atoms with Crippen molar-refractivity contribution in [3.05, 3.63) is 23.3 Å². The molecule has 1 heterocycles. The second-order valence-electron chi connectivity index (χ2n) is 3.01. The molecule has 0 unspecified atom stereocenters. The summed E-state index contributed by atoms with van der Waals surface area (Å²) in [4.78, 5) is 7.67. The van der Waals surface area contributed by atoms with E-state index in [-0.39, 0.29) is 0 Å². The molecular formula is C10H17N3. The Hall–Kier alpha value is -1.09. The van der Waals surface area contributed by atoms with E-state index in [0.29, 0.717) is 0 Å². The van der Waals surface area contributed by atoms with Crippen LogP contribution in [0, 0.1) is 6.92 Å². The van der Waals surface area contributed by atoms with E-state index in [9.17, 15) is 0 Å². The maximum absolute atomic E-state index is 4.43. The van der Waals surface area contributed by atoms with Gasteiger partial charge in [-0.2, -0.15) is 0 Å². The van der Waals surface area contributed by atoms with Gasteiger partial charge in [0, 0.05) is 18.7 Å². The number of imidazole rings is 1. The zero-order chi connectivity index (χ0) is 9.68. The van der Waals surface area contributed by atoms with Crippen LogP contribution >= 0.6 is 0 Å². The molecule has 0 aliphatic rings. The molecule has 2 N–H and O–H groups in total. The van der Waals surface area contributed by atoms with E-state index in [0.717, 1.165) is 30.2 Å². The quantitative estimate of drug-likeness (QED) is 0.735. The molecular weight excluding hydrogens is 162 g/mol. The molecule has 0 aliphatic heterocycles. The average Bonchev–Trinajstić information content (AvgIpc) is 2.48. The molecule has 3 nitrogen and oxygen atoms in total. The third-order valence-electron chi connectivity index (χ3n) is 1.90. The molecule has 1 aromatic rings. The number of H-pyrrole nitrogens is 1. The Balaban J connectivity index is 2.70. The summed E-state index contributed by atoms with van der Waals surface area (Å²) in [6.07, 6.45) is 5.07. The monoisotopic (exact) mass is 179 g/mol. The molecule has 0 spiro atoms. The lowest BCUT2D eigenvalue weighted by atomic mass is 10.3. The third kappa shape index (κ3) is 2.70. The summed E-state index contributed by atoms with van der Waals surface area (Å²) in [7, 11) is 1.93. The Kier molecular flexibility index (Phi) is 3.71. The van der Waals surface area contributed by atoms with Crippen LogP contribution in [0.1, 0.15) is 24.1 Å². The summed E-state index contributed by atoms with van der Waals surface area (Å²) in [5.74, 6) is 1.06. The standard InChI is InChI=1S/C10H17N3/c1-4-10-12-8(2)9(13-10)6-5-7-11-3/h5-6,11H,4,7H2,1-3H3,(H,12,13). The maximum Gasteiger partial charge on any atom is 0.106 e. The van der Waals surface area contributed by atoms with Gasteiger partial charge in [-0.05, 0) is 20.0 Å². The predicted octanol–water partition coefficient (Wildman–Crippen LogP) is 1.51. The topological polar surface area (TPSA) is 40.7 Å². The Morgan fingerprint density at radius 3 is 2.85 bits per heavy atom. The summed E-state index contributed by atoms with van der Waals surface area (Å²) >= 11 is 0. The van der Waals surface area contributed by atoms with Gasteiger partial charge in [0.25, 0.3) is 0 Å². The average molecular weight is 179 g/mol. The number of aryl methyl sites for hydroxylation is 2. The highest BCUT2D eigenvalue weighted by Crippen LogP contribution is 2.06. The van der Waals surface area contributed by atoms with Crippen molar-refractivity contribution in [3.8, 4) is 0 Å². The highest BCUT2D eigenvalue weighted by Gasteiger charge is 2.00.